The van der Waals surface area contributed by atoms with E-state index in [0.717, 1.165) is 42.0 Å². The van der Waals surface area contributed by atoms with Gasteiger partial charge in [0, 0.05) is 6.07 Å². The maximum atomic E-state index is 12.5. The number of hydrogen-bond donors (Lipinski definition) is 2. The number of ether oxygens (including phenoxy) is 1. The topological polar surface area (TPSA) is 117 Å². The van der Waals surface area contributed by atoms with Gasteiger partial charge in [-0.25, -0.2) is 9.48 Å². The average Bonchev–Trinajstić information content (AvgIpc) is 3.11. The number of amides is 1. The Labute approximate surface area is 162 Å². The largest absolute Gasteiger partial charge is 0.477 e. The van der Waals surface area contributed by atoms with Crippen LogP contribution in [-0.2, 0) is 22.7 Å². The van der Waals surface area contributed by atoms with Crippen LogP contribution in [0.15, 0.2) is 36.4 Å². The van der Waals surface area contributed by atoms with E-state index in [-0.39, 0.29) is 36.0 Å². The smallest absolute Gasteiger partial charge is 0.354 e. The predicted octanol–water partition coefficient (Wildman–Crippen LogP) is 2.10. The molecule has 2 aromatic rings. The first-order valence-electron chi connectivity index (χ1n) is 9.23. The van der Waals surface area contributed by atoms with Crippen LogP contribution < -0.4 is 5.32 Å². The Morgan fingerprint density at radius 3 is 2.75 bits per heavy atom. The molecule has 146 valence electrons. The molecule has 8 nitrogen and oxygen atoms in total. The fraction of sp³-hybridized carbons (Fsp3) is 0.400. The maximum absolute atomic E-state index is 12.5. The molecule has 1 aliphatic carbocycles. The molecule has 1 amide bonds. The Bertz CT molecular complexity index is 872. The Morgan fingerprint density at radius 2 is 2.04 bits per heavy atom. The van der Waals surface area contributed by atoms with Crippen molar-refractivity contribution in [3.63, 3.8) is 0 Å². The van der Waals surface area contributed by atoms with Crippen LogP contribution in [0.1, 0.15) is 47.4 Å². The van der Waals surface area contributed by atoms with E-state index < -0.39 is 5.97 Å². The fourth-order valence-electron chi connectivity index (χ4n) is 3.39. The second kappa shape index (κ2) is 9.15. The summed E-state index contributed by atoms with van der Waals surface area (Å²) in [6.07, 6.45) is 3.61. The van der Waals surface area contributed by atoms with Gasteiger partial charge in [-0.15, -0.1) is 0 Å². The van der Waals surface area contributed by atoms with Crippen molar-refractivity contribution in [3.8, 4) is 6.07 Å². The van der Waals surface area contributed by atoms with E-state index in [1.54, 1.807) is 6.07 Å². The van der Waals surface area contributed by atoms with Crippen LogP contribution in [0.3, 0.4) is 0 Å². The summed E-state index contributed by atoms with van der Waals surface area (Å²) in [5.74, 6) is -1.58. The Kier molecular flexibility index (Phi) is 6.40. The van der Waals surface area contributed by atoms with E-state index >= 15 is 0 Å². The summed E-state index contributed by atoms with van der Waals surface area (Å²) in [5.41, 5.74) is 0.851. The molecule has 8 heteroatoms. The minimum atomic E-state index is -1.23. The van der Waals surface area contributed by atoms with Crippen molar-refractivity contribution in [2.75, 3.05) is 0 Å². The van der Waals surface area contributed by atoms with Crippen LogP contribution in [0, 0.1) is 11.3 Å². The van der Waals surface area contributed by atoms with Gasteiger partial charge < -0.3 is 15.2 Å². The Hall–Kier alpha value is -3.18. The van der Waals surface area contributed by atoms with Gasteiger partial charge >= 0.3 is 5.97 Å². The number of nitrogens with zero attached hydrogens (tertiary/aromatic N) is 3. The van der Waals surface area contributed by atoms with E-state index in [2.05, 4.69) is 10.4 Å². The summed E-state index contributed by atoms with van der Waals surface area (Å²) >= 11 is 0. The highest BCUT2D eigenvalue weighted by atomic mass is 16.5. The van der Waals surface area contributed by atoms with Crippen molar-refractivity contribution in [2.45, 2.75) is 51.0 Å². The normalized spacial score (nSPS) is 19.0. The van der Waals surface area contributed by atoms with E-state index in [0.29, 0.717) is 6.61 Å². The van der Waals surface area contributed by atoms with E-state index in [1.165, 1.54) is 0 Å². The first-order chi connectivity index (χ1) is 13.6. The molecular formula is C20H22N4O4. The highest BCUT2D eigenvalue weighted by Crippen LogP contribution is 2.22. The van der Waals surface area contributed by atoms with Crippen molar-refractivity contribution >= 4 is 11.9 Å². The quantitative estimate of drug-likeness (QED) is 0.757. The van der Waals surface area contributed by atoms with Gasteiger partial charge in [-0.05, 0) is 18.4 Å². The number of carboxylic acid groups (broad SMARTS) is 1. The molecule has 1 saturated carbocycles. The number of hydrogen-bond acceptors (Lipinski definition) is 5. The van der Waals surface area contributed by atoms with Crippen molar-refractivity contribution in [1.82, 2.24) is 15.1 Å². The number of aromatic carboxylic acids is 1. The zero-order chi connectivity index (χ0) is 19.9. The molecule has 0 saturated heterocycles. The molecule has 1 fully saturated rings. The molecule has 2 N–H and O–H groups in total. The number of benzene rings is 1. The predicted molar refractivity (Wildman–Crippen MR) is 99.3 cm³/mol. The van der Waals surface area contributed by atoms with Gasteiger partial charge in [0.1, 0.15) is 18.3 Å². The number of carboxylic acids is 1. The molecule has 2 unspecified atom stereocenters. The number of rotatable bonds is 7. The molecule has 0 bridgehead atoms. The average molecular weight is 382 g/mol. The fourth-order valence-corrected chi connectivity index (χ4v) is 3.39. The summed E-state index contributed by atoms with van der Waals surface area (Å²) in [6.45, 7) is 0.219. The number of nitriles is 1. The van der Waals surface area contributed by atoms with Crippen LogP contribution in [0.4, 0.5) is 0 Å². The lowest BCUT2D eigenvalue weighted by molar-refractivity contribution is -0.124. The van der Waals surface area contributed by atoms with Crippen molar-refractivity contribution < 1.29 is 19.4 Å². The highest BCUT2D eigenvalue weighted by Gasteiger charge is 2.28. The van der Waals surface area contributed by atoms with Crippen molar-refractivity contribution in [2.24, 2.45) is 0 Å². The molecular weight excluding hydrogens is 360 g/mol. The van der Waals surface area contributed by atoms with Gasteiger partial charge in [-0.1, -0.05) is 43.2 Å². The van der Waals surface area contributed by atoms with Gasteiger partial charge in [0.05, 0.1) is 18.8 Å². The second-order valence-electron chi connectivity index (χ2n) is 6.78. The highest BCUT2D eigenvalue weighted by molar-refractivity contribution is 5.87. The van der Waals surface area contributed by atoms with Gasteiger partial charge in [-0.2, -0.15) is 10.4 Å². The van der Waals surface area contributed by atoms with Crippen LogP contribution in [0.25, 0.3) is 0 Å². The maximum Gasteiger partial charge on any atom is 0.354 e. The molecule has 1 heterocycles. The van der Waals surface area contributed by atoms with E-state index in [9.17, 15) is 14.7 Å². The molecule has 28 heavy (non-hydrogen) atoms. The van der Waals surface area contributed by atoms with Crippen LogP contribution in [-0.4, -0.2) is 38.9 Å². The summed E-state index contributed by atoms with van der Waals surface area (Å²) in [5, 5.41) is 24.9. The third-order valence-corrected chi connectivity index (χ3v) is 4.76. The van der Waals surface area contributed by atoms with Crippen LogP contribution in [0.5, 0.6) is 0 Å². The molecule has 1 aromatic heterocycles. The van der Waals surface area contributed by atoms with Crippen molar-refractivity contribution in [1.29, 1.82) is 5.26 Å². The Balaban J connectivity index is 1.61. The molecule has 0 radical (unpaired) electrons. The zero-order valence-electron chi connectivity index (χ0n) is 15.4. The second-order valence-corrected chi connectivity index (χ2v) is 6.78. The summed E-state index contributed by atoms with van der Waals surface area (Å²) in [7, 11) is 0. The lowest BCUT2D eigenvalue weighted by Gasteiger charge is -2.32. The van der Waals surface area contributed by atoms with Gasteiger partial charge in [0.25, 0.3) is 0 Å². The molecule has 1 aliphatic rings. The number of carbonyl (C=O) groups is 2. The minimum Gasteiger partial charge on any atom is -0.477 e. The van der Waals surface area contributed by atoms with Gasteiger partial charge in [-0.3, -0.25) is 4.79 Å². The summed E-state index contributed by atoms with van der Waals surface area (Å²) in [4.78, 5) is 23.7. The third kappa shape index (κ3) is 4.96. The molecule has 0 aliphatic heterocycles. The minimum absolute atomic E-state index is 0.0352. The molecule has 3 rings (SSSR count). The number of carbonyl (C=O) groups excluding carboxylic acids is 1. The van der Waals surface area contributed by atoms with E-state index in [1.807, 2.05) is 30.3 Å². The summed E-state index contributed by atoms with van der Waals surface area (Å²) in [6, 6.07) is 12.7. The monoisotopic (exact) mass is 382 g/mol. The molecule has 0 spiro atoms. The lowest BCUT2D eigenvalue weighted by Crippen LogP contribution is -2.47. The van der Waals surface area contributed by atoms with Gasteiger partial charge in [0.15, 0.2) is 5.69 Å². The van der Waals surface area contributed by atoms with Crippen molar-refractivity contribution in [3.05, 3.63) is 53.3 Å². The molecule has 1 aromatic carbocycles. The number of aromatic nitrogens is 2. The number of nitrogens with one attached hydrogen (secondary N) is 1. The third-order valence-electron chi connectivity index (χ3n) is 4.76. The lowest BCUT2D eigenvalue weighted by atomic mass is 9.92. The van der Waals surface area contributed by atoms with E-state index in [4.69, 9.17) is 10.00 Å². The van der Waals surface area contributed by atoms with Crippen LogP contribution in [0.2, 0.25) is 0 Å². The van der Waals surface area contributed by atoms with Crippen LogP contribution >= 0.6 is 0 Å². The first-order valence-corrected chi connectivity index (χ1v) is 9.23. The standard InChI is InChI=1S/C20H22N4O4/c21-11-15-10-17(20(26)27)24(23-15)12-19(25)22-16-8-4-5-9-18(16)28-13-14-6-2-1-3-7-14/h1-3,6-7,10,16,18H,4-5,8-9,12-13H2,(H,22,25)(H,26,27). The Morgan fingerprint density at radius 1 is 1.29 bits per heavy atom. The summed E-state index contributed by atoms with van der Waals surface area (Å²) < 4.78 is 7.08. The molecule has 2 atom stereocenters. The zero-order valence-corrected chi connectivity index (χ0v) is 15.4. The van der Waals surface area contributed by atoms with Gasteiger partial charge in [0.2, 0.25) is 5.91 Å². The SMILES string of the molecule is N#Cc1cc(C(=O)O)n(CC(=O)NC2CCCCC2OCc2ccccc2)n1. The first kappa shape index (κ1) is 19.6.